The summed E-state index contributed by atoms with van der Waals surface area (Å²) >= 11 is 0. The fraction of sp³-hybridized carbons (Fsp3) is 0.316. The van der Waals surface area contributed by atoms with Crippen molar-refractivity contribution in [2.75, 3.05) is 18.7 Å². The van der Waals surface area contributed by atoms with Crippen molar-refractivity contribution in [1.82, 2.24) is 15.6 Å². The lowest BCUT2D eigenvalue weighted by atomic mass is 10.1. The van der Waals surface area contributed by atoms with Gasteiger partial charge < -0.3 is 25.4 Å². The fourth-order valence-corrected chi connectivity index (χ4v) is 3.08. The van der Waals surface area contributed by atoms with Crippen LogP contribution in [0, 0.1) is 0 Å². The van der Waals surface area contributed by atoms with Crippen molar-refractivity contribution >= 4 is 17.5 Å². The molecule has 2 aliphatic heterocycles. The summed E-state index contributed by atoms with van der Waals surface area (Å²) in [6.45, 7) is 1.27. The van der Waals surface area contributed by atoms with E-state index in [1.54, 1.807) is 18.3 Å². The van der Waals surface area contributed by atoms with E-state index in [4.69, 9.17) is 9.47 Å². The Hall–Kier alpha value is -3.29. The molecule has 0 radical (unpaired) electrons. The smallest absolute Gasteiger partial charge is 0.270 e. The van der Waals surface area contributed by atoms with Gasteiger partial charge in [0.2, 0.25) is 12.7 Å². The molecule has 0 unspecified atom stereocenters. The summed E-state index contributed by atoms with van der Waals surface area (Å²) in [5.41, 5.74) is 1.89. The molecule has 0 aliphatic carbocycles. The number of piperidine rings is 1. The van der Waals surface area contributed by atoms with E-state index in [-0.39, 0.29) is 30.3 Å². The number of aromatic nitrogens is 1. The SMILES string of the molecule is O=C(NCc1ccc2c(c1)OCO2)c1cc(N[C@H]2CCCNC2=O)ccn1. The van der Waals surface area contributed by atoms with Crippen LogP contribution < -0.4 is 25.4 Å². The van der Waals surface area contributed by atoms with Gasteiger partial charge in [-0.2, -0.15) is 0 Å². The van der Waals surface area contributed by atoms with Gasteiger partial charge in [-0.05, 0) is 42.7 Å². The predicted molar refractivity (Wildman–Crippen MR) is 97.6 cm³/mol. The summed E-state index contributed by atoms with van der Waals surface area (Å²) < 4.78 is 10.6. The Labute approximate surface area is 156 Å². The Morgan fingerprint density at radius 1 is 1.22 bits per heavy atom. The lowest BCUT2D eigenvalue weighted by Crippen LogP contribution is -2.44. The second kappa shape index (κ2) is 7.53. The molecule has 1 aromatic heterocycles. The van der Waals surface area contributed by atoms with E-state index in [0.29, 0.717) is 30.3 Å². The molecular formula is C19H20N4O4. The second-order valence-corrected chi connectivity index (χ2v) is 6.43. The maximum Gasteiger partial charge on any atom is 0.270 e. The quantitative estimate of drug-likeness (QED) is 0.738. The van der Waals surface area contributed by atoms with Crippen molar-refractivity contribution in [3.05, 3.63) is 47.8 Å². The number of carbonyl (C=O) groups is 2. The Morgan fingerprint density at radius 2 is 2.11 bits per heavy atom. The zero-order valence-corrected chi connectivity index (χ0v) is 14.7. The molecule has 3 heterocycles. The number of carbonyl (C=O) groups excluding carboxylic acids is 2. The highest BCUT2D eigenvalue weighted by atomic mass is 16.7. The molecule has 2 amide bonds. The molecule has 1 saturated heterocycles. The van der Waals surface area contributed by atoms with E-state index in [9.17, 15) is 9.59 Å². The van der Waals surface area contributed by atoms with Gasteiger partial charge in [-0.1, -0.05) is 6.07 Å². The van der Waals surface area contributed by atoms with E-state index >= 15 is 0 Å². The molecule has 140 valence electrons. The van der Waals surface area contributed by atoms with Crippen LogP contribution in [0.25, 0.3) is 0 Å². The normalized spacial score (nSPS) is 17.9. The van der Waals surface area contributed by atoms with Crippen LogP contribution in [0.15, 0.2) is 36.5 Å². The van der Waals surface area contributed by atoms with E-state index in [1.807, 2.05) is 18.2 Å². The average molecular weight is 368 g/mol. The minimum Gasteiger partial charge on any atom is -0.454 e. The second-order valence-electron chi connectivity index (χ2n) is 6.43. The first-order chi connectivity index (χ1) is 13.2. The first-order valence-electron chi connectivity index (χ1n) is 8.86. The van der Waals surface area contributed by atoms with E-state index in [2.05, 4.69) is 20.9 Å². The number of nitrogens with one attached hydrogen (secondary N) is 3. The number of amides is 2. The van der Waals surface area contributed by atoms with Crippen molar-refractivity contribution in [1.29, 1.82) is 0 Å². The monoisotopic (exact) mass is 368 g/mol. The molecule has 0 spiro atoms. The van der Waals surface area contributed by atoms with Gasteiger partial charge in [0, 0.05) is 25.0 Å². The third-order valence-electron chi connectivity index (χ3n) is 4.51. The maximum absolute atomic E-state index is 12.4. The number of anilines is 1. The van der Waals surface area contributed by atoms with Crippen molar-refractivity contribution in [3.63, 3.8) is 0 Å². The van der Waals surface area contributed by atoms with E-state index in [0.717, 1.165) is 18.4 Å². The molecule has 8 nitrogen and oxygen atoms in total. The Morgan fingerprint density at radius 3 is 3.00 bits per heavy atom. The number of pyridine rings is 1. The Bertz CT molecular complexity index is 871. The molecule has 27 heavy (non-hydrogen) atoms. The van der Waals surface area contributed by atoms with Crippen LogP contribution in [-0.4, -0.2) is 36.2 Å². The Balaban J connectivity index is 1.38. The van der Waals surface area contributed by atoms with Gasteiger partial charge >= 0.3 is 0 Å². The topological polar surface area (TPSA) is 102 Å². The first kappa shape index (κ1) is 17.1. The van der Waals surface area contributed by atoms with Crippen LogP contribution in [0.3, 0.4) is 0 Å². The summed E-state index contributed by atoms with van der Waals surface area (Å²) in [4.78, 5) is 28.4. The molecule has 8 heteroatoms. The third kappa shape index (κ3) is 3.94. The van der Waals surface area contributed by atoms with E-state index < -0.39 is 0 Å². The summed E-state index contributed by atoms with van der Waals surface area (Å²) in [5.74, 6) is 1.07. The first-order valence-corrected chi connectivity index (χ1v) is 8.86. The number of fused-ring (bicyclic) bond motifs is 1. The van der Waals surface area contributed by atoms with Crippen LogP contribution in [0.1, 0.15) is 28.9 Å². The molecule has 2 aromatic rings. The molecule has 1 fully saturated rings. The summed E-state index contributed by atoms with van der Waals surface area (Å²) in [7, 11) is 0. The molecule has 3 N–H and O–H groups in total. The highest BCUT2D eigenvalue weighted by molar-refractivity contribution is 5.93. The molecule has 1 aromatic carbocycles. The van der Waals surface area contributed by atoms with Crippen LogP contribution in [0.5, 0.6) is 11.5 Å². The van der Waals surface area contributed by atoms with Gasteiger partial charge in [0.25, 0.3) is 5.91 Å². The lowest BCUT2D eigenvalue weighted by molar-refractivity contribution is -0.123. The zero-order valence-electron chi connectivity index (χ0n) is 14.7. The number of benzene rings is 1. The molecular weight excluding hydrogens is 348 g/mol. The Kier molecular flexibility index (Phi) is 4.78. The minimum atomic E-state index is -0.288. The number of hydrogen-bond donors (Lipinski definition) is 3. The average Bonchev–Trinajstić information content (AvgIpc) is 3.16. The van der Waals surface area contributed by atoms with Crippen molar-refractivity contribution < 1.29 is 19.1 Å². The van der Waals surface area contributed by atoms with Gasteiger partial charge in [-0.3, -0.25) is 14.6 Å². The van der Waals surface area contributed by atoms with E-state index in [1.165, 1.54) is 0 Å². The van der Waals surface area contributed by atoms with Gasteiger partial charge in [-0.15, -0.1) is 0 Å². The predicted octanol–water partition coefficient (Wildman–Crippen LogP) is 1.43. The highest BCUT2D eigenvalue weighted by Crippen LogP contribution is 2.32. The maximum atomic E-state index is 12.4. The number of hydrogen-bond acceptors (Lipinski definition) is 6. The minimum absolute atomic E-state index is 0.0214. The van der Waals surface area contributed by atoms with Gasteiger partial charge in [0.05, 0.1) is 0 Å². The van der Waals surface area contributed by atoms with Crippen LogP contribution in [0.2, 0.25) is 0 Å². The lowest BCUT2D eigenvalue weighted by Gasteiger charge is -2.23. The van der Waals surface area contributed by atoms with Gasteiger partial charge in [-0.25, -0.2) is 0 Å². The number of ether oxygens (including phenoxy) is 2. The summed E-state index contributed by atoms with van der Waals surface area (Å²) in [5, 5.41) is 8.84. The zero-order chi connectivity index (χ0) is 18.6. The van der Waals surface area contributed by atoms with Crippen LogP contribution in [0.4, 0.5) is 5.69 Å². The summed E-state index contributed by atoms with van der Waals surface area (Å²) in [6.07, 6.45) is 3.25. The fourth-order valence-electron chi connectivity index (χ4n) is 3.08. The van der Waals surface area contributed by atoms with Crippen molar-refractivity contribution in [3.8, 4) is 11.5 Å². The number of nitrogens with zero attached hydrogens (tertiary/aromatic N) is 1. The molecule has 1 atom stereocenters. The molecule has 0 saturated carbocycles. The van der Waals surface area contributed by atoms with Gasteiger partial charge in [0.15, 0.2) is 11.5 Å². The van der Waals surface area contributed by atoms with Crippen molar-refractivity contribution in [2.45, 2.75) is 25.4 Å². The van der Waals surface area contributed by atoms with Crippen molar-refractivity contribution in [2.24, 2.45) is 0 Å². The standard InChI is InChI=1S/C19H20N4O4/c24-18-14(2-1-6-21-18)23-13-5-7-20-15(9-13)19(25)22-10-12-3-4-16-17(8-12)27-11-26-16/h3-5,7-9,14H,1-2,6,10-11H2,(H,20,23)(H,21,24)(H,22,25)/t14-/m0/s1. The molecule has 0 bridgehead atoms. The van der Waals surface area contributed by atoms with Gasteiger partial charge in [0.1, 0.15) is 11.7 Å². The molecule has 4 rings (SSSR count). The largest absolute Gasteiger partial charge is 0.454 e. The molecule has 2 aliphatic rings. The summed E-state index contributed by atoms with van der Waals surface area (Å²) in [6, 6.07) is 8.65. The third-order valence-corrected chi connectivity index (χ3v) is 4.51. The number of rotatable bonds is 5. The highest BCUT2D eigenvalue weighted by Gasteiger charge is 2.22. The van der Waals surface area contributed by atoms with Crippen LogP contribution in [-0.2, 0) is 11.3 Å². The van der Waals surface area contributed by atoms with Crippen LogP contribution >= 0.6 is 0 Å².